The minimum absolute atomic E-state index is 0.422. The van der Waals surface area contributed by atoms with E-state index in [0.29, 0.717) is 36.5 Å². The number of hydrogen-bond acceptors (Lipinski definition) is 5. The van der Waals surface area contributed by atoms with E-state index in [4.69, 9.17) is 15.9 Å². The van der Waals surface area contributed by atoms with Crippen LogP contribution < -0.4 is 5.73 Å². The molecule has 3 rings (SSSR count). The fraction of sp³-hybridized carbons (Fsp3) is 0.158. The molecule has 2 heterocycles. The van der Waals surface area contributed by atoms with Gasteiger partial charge in [-0.15, -0.1) is 0 Å². The Morgan fingerprint density at radius 2 is 1.67 bits per heavy atom. The second-order valence-electron chi connectivity index (χ2n) is 5.84. The highest BCUT2D eigenvalue weighted by molar-refractivity contribution is 5.92. The molecule has 0 aliphatic heterocycles. The van der Waals surface area contributed by atoms with Gasteiger partial charge in [0.2, 0.25) is 0 Å². The Morgan fingerprint density at radius 1 is 1.07 bits per heavy atom. The summed E-state index contributed by atoms with van der Waals surface area (Å²) in [5, 5.41) is 20.9. The van der Waals surface area contributed by atoms with Crippen LogP contribution in [0.1, 0.15) is 5.56 Å². The largest absolute Gasteiger partial charge is 0.478 e. The summed E-state index contributed by atoms with van der Waals surface area (Å²) in [6, 6.07) is 6.76. The molecule has 0 atom stereocenters. The molecular weight excluding hydrogens is 405 g/mol. The van der Waals surface area contributed by atoms with E-state index < -0.39 is 23.7 Å². The summed E-state index contributed by atoms with van der Waals surface area (Å²) >= 11 is 0. The van der Waals surface area contributed by atoms with Crippen molar-refractivity contribution in [2.45, 2.75) is 12.7 Å². The molecule has 0 saturated heterocycles. The molecule has 158 valence electrons. The Morgan fingerprint density at radius 3 is 2.17 bits per heavy atom. The lowest BCUT2D eigenvalue weighted by Gasteiger charge is -2.06. The molecular formula is C19H17F3N4O4. The van der Waals surface area contributed by atoms with Gasteiger partial charge in [0.15, 0.2) is 0 Å². The molecule has 8 nitrogen and oxygen atoms in total. The SMILES string of the molecule is NCCn1nc(-c2ccc(C(F)(F)F)cc2)c2cnccc21.O=C(O)C=CC(=O)O. The van der Waals surface area contributed by atoms with Crippen LogP contribution in [0.4, 0.5) is 13.2 Å². The Hall–Kier alpha value is -3.73. The van der Waals surface area contributed by atoms with E-state index in [1.807, 2.05) is 6.07 Å². The summed E-state index contributed by atoms with van der Waals surface area (Å²) in [6.45, 7) is 0.951. The summed E-state index contributed by atoms with van der Waals surface area (Å²) < 4.78 is 39.6. The van der Waals surface area contributed by atoms with E-state index in [1.165, 1.54) is 12.1 Å². The maximum Gasteiger partial charge on any atom is 0.416 e. The average Bonchev–Trinajstić information content (AvgIpc) is 3.05. The molecule has 0 unspecified atom stereocenters. The van der Waals surface area contributed by atoms with Crippen LogP contribution in [0.25, 0.3) is 22.2 Å². The number of fused-ring (bicyclic) bond motifs is 1. The molecule has 11 heteroatoms. The van der Waals surface area contributed by atoms with Crippen LogP contribution in [0.15, 0.2) is 54.9 Å². The minimum Gasteiger partial charge on any atom is -0.478 e. The van der Waals surface area contributed by atoms with Crippen LogP contribution >= 0.6 is 0 Å². The van der Waals surface area contributed by atoms with Crippen LogP contribution in [-0.4, -0.2) is 43.5 Å². The molecule has 4 N–H and O–H groups in total. The van der Waals surface area contributed by atoms with E-state index in [-0.39, 0.29) is 0 Å². The molecule has 30 heavy (non-hydrogen) atoms. The highest BCUT2D eigenvalue weighted by Crippen LogP contribution is 2.32. The van der Waals surface area contributed by atoms with Gasteiger partial charge in [-0.05, 0) is 18.2 Å². The molecule has 0 saturated carbocycles. The van der Waals surface area contributed by atoms with Crippen LogP contribution in [0, 0.1) is 0 Å². The minimum atomic E-state index is -4.35. The predicted molar refractivity (Wildman–Crippen MR) is 101 cm³/mol. The number of carboxylic acid groups (broad SMARTS) is 2. The van der Waals surface area contributed by atoms with Gasteiger partial charge in [0.25, 0.3) is 0 Å². The zero-order valence-electron chi connectivity index (χ0n) is 15.4. The number of carboxylic acids is 2. The van der Waals surface area contributed by atoms with E-state index in [2.05, 4.69) is 10.1 Å². The summed E-state index contributed by atoms with van der Waals surface area (Å²) in [4.78, 5) is 23.2. The van der Waals surface area contributed by atoms with Gasteiger partial charge in [-0.3, -0.25) is 9.67 Å². The molecule has 0 spiro atoms. The molecule has 0 radical (unpaired) electrons. The maximum absolute atomic E-state index is 12.6. The predicted octanol–water partition coefficient (Wildman–Crippen LogP) is 2.79. The highest BCUT2D eigenvalue weighted by atomic mass is 19.4. The number of aromatic nitrogens is 3. The summed E-state index contributed by atoms with van der Waals surface area (Å²) in [6.07, 6.45) is 0.0711. The number of alkyl halides is 3. The van der Waals surface area contributed by atoms with Gasteiger partial charge in [-0.2, -0.15) is 18.3 Å². The van der Waals surface area contributed by atoms with Gasteiger partial charge in [-0.1, -0.05) is 12.1 Å². The number of pyridine rings is 1. The van der Waals surface area contributed by atoms with Gasteiger partial charge in [0.1, 0.15) is 5.69 Å². The van der Waals surface area contributed by atoms with E-state index in [9.17, 15) is 22.8 Å². The zero-order chi connectivity index (χ0) is 22.3. The Bertz CT molecular complexity index is 1040. The van der Waals surface area contributed by atoms with Gasteiger partial charge in [-0.25, -0.2) is 9.59 Å². The Kier molecular flexibility index (Phi) is 7.26. The van der Waals surface area contributed by atoms with Crippen molar-refractivity contribution < 1.29 is 33.0 Å². The van der Waals surface area contributed by atoms with Gasteiger partial charge >= 0.3 is 18.1 Å². The molecule has 2 aromatic heterocycles. The van der Waals surface area contributed by atoms with Gasteiger partial charge in [0.05, 0.1) is 17.6 Å². The standard InChI is InChI=1S/C15H13F3N4.C4H4O4/c16-15(17,18)11-3-1-10(2-4-11)14-12-9-20-7-5-13(12)22(21-14)8-6-19;5-3(6)1-2-4(7)8/h1-5,7,9H,6,8,19H2;1-2H,(H,5,6)(H,7,8). The van der Waals surface area contributed by atoms with Crippen molar-refractivity contribution in [3.8, 4) is 11.3 Å². The van der Waals surface area contributed by atoms with Crippen molar-refractivity contribution in [1.82, 2.24) is 14.8 Å². The van der Waals surface area contributed by atoms with Crippen molar-refractivity contribution >= 4 is 22.8 Å². The van der Waals surface area contributed by atoms with E-state index in [0.717, 1.165) is 23.0 Å². The van der Waals surface area contributed by atoms with Crippen LogP contribution in [-0.2, 0) is 22.3 Å². The monoisotopic (exact) mass is 422 g/mol. The third kappa shape index (κ3) is 5.88. The van der Waals surface area contributed by atoms with Crippen molar-refractivity contribution in [2.75, 3.05) is 6.54 Å². The lowest BCUT2D eigenvalue weighted by molar-refractivity contribution is -0.137. The van der Waals surface area contributed by atoms with Crippen LogP contribution in [0.5, 0.6) is 0 Å². The summed E-state index contributed by atoms with van der Waals surface area (Å²) in [5.74, 6) is -2.51. The summed E-state index contributed by atoms with van der Waals surface area (Å²) in [5.41, 5.74) is 6.96. The normalized spacial score (nSPS) is 11.3. The first-order valence-corrected chi connectivity index (χ1v) is 8.45. The number of nitrogens with zero attached hydrogens (tertiary/aromatic N) is 3. The Balaban J connectivity index is 0.000000343. The average molecular weight is 422 g/mol. The van der Waals surface area contributed by atoms with Crippen molar-refractivity contribution in [3.63, 3.8) is 0 Å². The smallest absolute Gasteiger partial charge is 0.416 e. The molecule has 1 aromatic carbocycles. The van der Waals surface area contributed by atoms with Crippen molar-refractivity contribution in [1.29, 1.82) is 0 Å². The van der Waals surface area contributed by atoms with E-state index in [1.54, 1.807) is 17.1 Å². The quantitative estimate of drug-likeness (QED) is 0.539. The molecule has 0 amide bonds. The first-order valence-electron chi connectivity index (χ1n) is 8.45. The lowest BCUT2D eigenvalue weighted by Crippen LogP contribution is -2.10. The number of halogens is 3. The zero-order valence-corrected chi connectivity index (χ0v) is 15.4. The summed E-state index contributed by atoms with van der Waals surface area (Å²) in [7, 11) is 0. The molecule has 0 aliphatic rings. The second kappa shape index (κ2) is 9.65. The fourth-order valence-corrected chi connectivity index (χ4v) is 2.49. The number of benzene rings is 1. The second-order valence-corrected chi connectivity index (χ2v) is 5.84. The number of rotatable bonds is 5. The molecule has 0 bridgehead atoms. The fourth-order valence-electron chi connectivity index (χ4n) is 2.49. The van der Waals surface area contributed by atoms with Crippen LogP contribution in [0.3, 0.4) is 0 Å². The molecule has 0 aliphatic carbocycles. The van der Waals surface area contributed by atoms with Crippen LogP contribution in [0.2, 0.25) is 0 Å². The first kappa shape index (κ1) is 22.6. The number of carbonyl (C=O) groups is 2. The number of nitrogens with two attached hydrogens (primary N) is 1. The van der Waals surface area contributed by atoms with E-state index >= 15 is 0 Å². The number of aliphatic carboxylic acids is 2. The Labute approximate surface area is 168 Å². The topological polar surface area (TPSA) is 131 Å². The maximum atomic E-state index is 12.6. The van der Waals surface area contributed by atoms with Crippen molar-refractivity contribution in [3.05, 3.63) is 60.4 Å². The van der Waals surface area contributed by atoms with Gasteiger partial charge in [0, 0.05) is 42.0 Å². The van der Waals surface area contributed by atoms with Crippen molar-refractivity contribution in [2.24, 2.45) is 5.73 Å². The van der Waals surface area contributed by atoms with Gasteiger partial charge < -0.3 is 15.9 Å². The number of hydrogen-bond donors (Lipinski definition) is 3. The molecule has 0 fully saturated rings. The lowest BCUT2D eigenvalue weighted by atomic mass is 10.1. The third-order valence-electron chi connectivity index (χ3n) is 3.75. The third-order valence-corrected chi connectivity index (χ3v) is 3.75. The highest BCUT2D eigenvalue weighted by Gasteiger charge is 2.30. The molecule has 3 aromatic rings. The first-order chi connectivity index (χ1) is 14.1.